The fourth-order valence-corrected chi connectivity index (χ4v) is 4.34. The third-order valence-electron chi connectivity index (χ3n) is 5.99. The van der Waals surface area contributed by atoms with Gasteiger partial charge in [-0.1, -0.05) is 43.3 Å². The molecule has 7 nitrogen and oxygen atoms in total. The van der Waals surface area contributed by atoms with E-state index < -0.39 is 5.97 Å². The summed E-state index contributed by atoms with van der Waals surface area (Å²) in [6.45, 7) is 2.48. The van der Waals surface area contributed by atoms with E-state index in [1.165, 1.54) is 19.4 Å². The van der Waals surface area contributed by atoms with Crippen molar-refractivity contribution in [3.8, 4) is 5.75 Å². The first kappa shape index (κ1) is 22.4. The summed E-state index contributed by atoms with van der Waals surface area (Å²) in [6, 6.07) is 9.18. The number of hydrogen-bond donors (Lipinski definition) is 3. The number of benzene rings is 2. The molecule has 2 heterocycles. The second-order valence-corrected chi connectivity index (χ2v) is 7.91. The average Bonchev–Trinajstić information content (AvgIpc) is 3.43. The Morgan fingerprint density at radius 1 is 1.21 bits per heavy atom. The molecule has 7 heteroatoms. The molecule has 2 aromatic carbocycles. The lowest BCUT2D eigenvalue weighted by atomic mass is 9.93. The molecule has 3 aromatic rings. The minimum Gasteiger partial charge on any atom is -0.506 e. The number of phenolic OH excluding ortho intramolecular Hbond substituents is 1. The number of amides is 1. The second kappa shape index (κ2) is 9.34. The van der Waals surface area contributed by atoms with Crippen molar-refractivity contribution in [2.45, 2.75) is 19.3 Å². The van der Waals surface area contributed by atoms with Crippen molar-refractivity contribution in [2.24, 2.45) is 0 Å². The molecule has 0 saturated heterocycles. The SMILES string of the molecule is CCC1CN(C(=O)/C=C/c2ccc(/C=C/CO)cc2)c2cc(O)c3[nH]cc(C(=O)OC)c3c21. The van der Waals surface area contributed by atoms with E-state index in [1.54, 1.807) is 23.1 Å². The van der Waals surface area contributed by atoms with Crippen molar-refractivity contribution in [3.63, 3.8) is 0 Å². The largest absolute Gasteiger partial charge is 0.506 e. The van der Waals surface area contributed by atoms with Crippen LogP contribution in [0.5, 0.6) is 5.75 Å². The third-order valence-corrected chi connectivity index (χ3v) is 5.99. The number of rotatable bonds is 6. The van der Waals surface area contributed by atoms with Crippen LogP contribution in [0.4, 0.5) is 5.69 Å². The summed E-state index contributed by atoms with van der Waals surface area (Å²) in [7, 11) is 1.32. The Bertz CT molecular complexity index is 1250. The normalized spacial score (nSPS) is 15.6. The van der Waals surface area contributed by atoms with Crippen molar-refractivity contribution < 1.29 is 24.5 Å². The molecular formula is C26H26N2O5. The number of nitrogens with one attached hydrogen (secondary N) is 1. The number of carbonyl (C=O) groups excluding carboxylic acids is 2. The molecule has 3 N–H and O–H groups in total. The van der Waals surface area contributed by atoms with Crippen molar-refractivity contribution in [1.82, 2.24) is 4.98 Å². The maximum Gasteiger partial charge on any atom is 0.340 e. The number of carbonyl (C=O) groups is 2. The highest BCUT2D eigenvalue weighted by Gasteiger charge is 2.35. The maximum atomic E-state index is 13.1. The summed E-state index contributed by atoms with van der Waals surface area (Å²) in [6.07, 6.45) is 9.05. The first-order valence-electron chi connectivity index (χ1n) is 10.8. The Morgan fingerprint density at radius 3 is 2.55 bits per heavy atom. The van der Waals surface area contributed by atoms with Crippen LogP contribution in [0.25, 0.3) is 23.1 Å². The van der Waals surface area contributed by atoms with Gasteiger partial charge in [0.05, 0.1) is 30.5 Å². The summed E-state index contributed by atoms with van der Waals surface area (Å²) >= 11 is 0. The highest BCUT2D eigenvalue weighted by Crippen LogP contribution is 2.47. The van der Waals surface area contributed by atoms with Gasteiger partial charge in [0.15, 0.2) is 0 Å². The third kappa shape index (κ3) is 4.15. The molecule has 1 atom stereocenters. The van der Waals surface area contributed by atoms with E-state index in [1.807, 2.05) is 37.3 Å². The van der Waals surface area contributed by atoms with Crippen molar-refractivity contribution >= 4 is 40.6 Å². The maximum absolute atomic E-state index is 13.1. The highest BCUT2D eigenvalue weighted by molar-refractivity contribution is 6.13. The van der Waals surface area contributed by atoms with Gasteiger partial charge in [0.2, 0.25) is 0 Å². The number of phenols is 1. The van der Waals surface area contributed by atoms with Crippen LogP contribution < -0.4 is 4.90 Å². The molecule has 0 saturated carbocycles. The zero-order chi connectivity index (χ0) is 23.5. The van der Waals surface area contributed by atoms with Gasteiger partial charge in [0.25, 0.3) is 5.91 Å². The smallest absolute Gasteiger partial charge is 0.340 e. The molecule has 0 spiro atoms. The summed E-state index contributed by atoms with van der Waals surface area (Å²) in [4.78, 5) is 30.1. The lowest BCUT2D eigenvalue weighted by Crippen LogP contribution is -2.27. The number of fused-ring (bicyclic) bond motifs is 3. The number of methoxy groups -OCH3 is 1. The highest BCUT2D eigenvalue weighted by atomic mass is 16.5. The standard InChI is InChI=1S/C26H26N2O5/c1-3-18-15-28(22(31)11-10-17-8-6-16(7-9-17)5-4-12-29)20-13-21(30)25-24(23(18)20)19(14-27-25)26(32)33-2/h4-11,13-14,18,27,29-30H,3,12,15H2,1-2H3/b5-4+,11-10+. The van der Waals surface area contributed by atoms with Gasteiger partial charge in [-0.05, 0) is 29.2 Å². The second-order valence-electron chi connectivity index (χ2n) is 7.91. The number of esters is 1. The summed E-state index contributed by atoms with van der Waals surface area (Å²) in [5, 5.41) is 20.1. The van der Waals surface area contributed by atoms with Crippen LogP contribution in [0.3, 0.4) is 0 Å². The van der Waals surface area contributed by atoms with Crippen LogP contribution in [0, 0.1) is 0 Å². The minimum absolute atomic E-state index is 0.0159. The van der Waals surface area contributed by atoms with Crippen molar-refractivity contribution in [1.29, 1.82) is 0 Å². The molecule has 1 unspecified atom stereocenters. The van der Waals surface area contributed by atoms with Crippen molar-refractivity contribution in [2.75, 3.05) is 25.2 Å². The molecule has 0 bridgehead atoms. The van der Waals surface area contributed by atoms with E-state index in [0.29, 0.717) is 28.7 Å². The first-order valence-corrected chi connectivity index (χ1v) is 10.8. The first-order chi connectivity index (χ1) is 16.0. The zero-order valence-electron chi connectivity index (χ0n) is 18.5. The minimum atomic E-state index is -0.495. The average molecular weight is 447 g/mol. The number of H-pyrrole nitrogens is 1. The van der Waals surface area contributed by atoms with E-state index in [2.05, 4.69) is 4.98 Å². The van der Waals surface area contributed by atoms with E-state index in [9.17, 15) is 14.7 Å². The predicted molar refractivity (Wildman–Crippen MR) is 128 cm³/mol. The molecule has 0 radical (unpaired) electrons. The Kier molecular flexibility index (Phi) is 6.33. The lowest BCUT2D eigenvalue weighted by Gasteiger charge is -2.16. The number of aromatic hydroxyl groups is 1. The Labute approximate surface area is 191 Å². The zero-order valence-corrected chi connectivity index (χ0v) is 18.5. The number of aromatic amines is 1. The Hall–Kier alpha value is -3.84. The van der Waals surface area contributed by atoms with Crippen LogP contribution in [-0.4, -0.2) is 47.3 Å². The summed E-state index contributed by atoms with van der Waals surface area (Å²) < 4.78 is 4.91. The van der Waals surface area contributed by atoms with Gasteiger partial charge in [-0.25, -0.2) is 4.79 Å². The fraction of sp³-hybridized carbons (Fsp3) is 0.231. The predicted octanol–water partition coefficient (Wildman–Crippen LogP) is 4.22. The van der Waals surface area contributed by atoms with E-state index in [-0.39, 0.29) is 24.2 Å². The molecule has 1 aliphatic heterocycles. The van der Waals surface area contributed by atoms with Crippen LogP contribution in [0.1, 0.15) is 46.3 Å². The van der Waals surface area contributed by atoms with E-state index in [4.69, 9.17) is 9.84 Å². The number of ether oxygens (including phenoxy) is 1. The van der Waals surface area contributed by atoms with Crippen LogP contribution in [0.2, 0.25) is 0 Å². The number of nitrogens with zero attached hydrogens (tertiary/aromatic N) is 1. The lowest BCUT2D eigenvalue weighted by molar-refractivity contribution is -0.114. The number of aromatic nitrogens is 1. The molecular weight excluding hydrogens is 420 g/mol. The Balaban J connectivity index is 1.68. The van der Waals surface area contributed by atoms with Crippen molar-refractivity contribution in [3.05, 3.63) is 70.9 Å². The number of aliphatic hydroxyl groups excluding tert-OH is 1. The van der Waals surface area contributed by atoms with Gasteiger partial charge in [-0.3, -0.25) is 4.79 Å². The molecule has 1 amide bonds. The van der Waals surface area contributed by atoms with Gasteiger partial charge in [0.1, 0.15) is 5.75 Å². The molecule has 4 rings (SSSR count). The van der Waals surface area contributed by atoms with Crippen LogP contribution >= 0.6 is 0 Å². The number of aliphatic hydroxyl groups is 1. The van der Waals surface area contributed by atoms with Gasteiger partial charge in [-0.2, -0.15) is 0 Å². The molecule has 0 aliphatic carbocycles. The summed E-state index contributed by atoms with van der Waals surface area (Å²) in [5.74, 6) is -0.697. The molecule has 1 aliphatic rings. The summed E-state index contributed by atoms with van der Waals surface area (Å²) in [5.41, 5.74) is 4.11. The van der Waals surface area contributed by atoms with Gasteiger partial charge < -0.3 is 24.8 Å². The van der Waals surface area contributed by atoms with Gasteiger partial charge >= 0.3 is 5.97 Å². The quantitative estimate of drug-likeness (QED) is 0.389. The van der Waals surface area contributed by atoms with E-state index >= 15 is 0 Å². The van der Waals surface area contributed by atoms with E-state index in [0.717, 1.165) is 23.1 Å². The topological polar surface area (TPSA) is 103 Å². The van der Waals surface area contributed by atoms with Gasteiger partial charge in [0, 0.05) is 36.2 Å². The fourth-order valence-electron chi connectivity index (χ4n) is 4.34. The monoisotopic (exact) mass is 446 g/mol. The number of anilines is 1. The molecule has 0 fully saturated rings. The van der Waals surface area contributed by atoms with Crippen LogP contribution in [-0.2, 0) is 9.53 Å². The molecule has 170 valence electrons. The van der Waals surface area contributed by atoms with Gasteiger partial charge in [-0.15, -0.1) is 0 Å². The molecule has 1 aromatic heterocycles. The Morgan fingerprint density at radius 2 is 1.91 bits per heavy atom. The number of hydrogen-bond acceptors (Lipinski definition) is 5. The van der Waals surface area contributed by atoms with Crippen LogP contribution in [0.15, 0.2) is 48.7 Å². The molecule has 33 heavy (non-hydrogen) atoms.